The third-order valence-electron chi connectivity index (χ3n) is 4.67. The topological polar surface area (TPSA) is 84.5 Å². The molecule has 1 heterocycles. The lowest BCUT2D eigenvalue weighted by Crippen LogP contribution is -2.31. The summed E-state index contributed by atoms with van der Waals surface area (Å²) >= 11 is 0. The van der Waals surface area contributed by atoms with Crippen LogP contribution in [0.25, 0.3) is 0 Å². The maximum absolute atomic E-state index is 12.8. The second kappa shape index (κ2) is 9.15. The van der Waals surface area contributed by atoms with Crippen LogP contribution in [-0.4, -0.2) is 33.6 Å². The van der Waals surface area contributed by atoms with E-state index in [0.29, 0.717) is 30.3 Å². The number of rotatable bonds is 7. The van der Waals surface area contributed by atoms with E-state index in [-0.39, 0.29) is 18.6 Å². The first kappa shape index (κ1) is 22.3. The fourth-order valence-electron chi connectivity index (χ4n) is 2.99. The number of amides is 1. The van der Waals surface area contributed by atoms with Crippen LogP contribution in [0.15, 0.2) is 53.4 Å². The van der Waals surface area contributed by atoms with Crippen LogP contribution in [0.3, 0.4) is 0 Å². The molecular weight excluding hydrogens is 421 g/mol. The van der Waals surface area contributed by atoms with E-state index in [1.807, 2.05) is 0 Å². The van der Waals surface area contributed by atoms with Crippen molar-refractivity contribution in [3.63, 3.8) is 0 Å². The van der Waals surface area contributed by atoms with Gasteiger partial charge in [-0.1, -0.05) is 18.2 Å². The summed E-state index contributed by atoms with van der Waals surface area (Å²) in [5.41, 5.74) is -0.0672. The molecule has 3 rings (SSSR count). The molecule has 2 aromatic carbocycles. The minimum Gasteiger partial charge on any atom is -0.376 e. The summed E-state index contributed by atoms with van der Waals surface area (Å²) in [5.74, 6) is -0.262. The molecule has 6 nitrogen and oxygen atoms in total. The molecule has 2 aromatic rings. The highest BCUT2D eigenvalue weighted by molar-refractivity contribution is 7.89. The van der Waals surface area contributed by atoms with E-state index in [1.54, 1.807) is 24.3 Å². The first-order valence-corrected chi connectivity index (χ1v) is 10.8. The molecule has 0 aliphatic carbocycles. The maximum Gasteiger partial charge on any atom is 0.416 e. The Kier molecular flexibility index (Phi) is 6.79. The lowest BCUT2D eigenvalue weighted by atomic mass is 10.1. The van der Waals surface area contributed by atoms with Crippen LogP contribution >= 0.6 is 0 Å². The Morgan fingerprint density at radius 1 is 1.13 bits per heavy atom. The molecule has 0 spiro atoms. The van der Waals surface area contributed by atoms with Gasteiger partial charge in [-0.25, -0.2) is 13.1 Å². The minimum absolute atomic E-state index is 0.0264. The van der Waals surface area contributed by atoms with Gasteiger partial charge in [-0.15, -0.1) is 0 Å². The van der Waals surface area contributed by atoms with Crippen LogP contribution in [0.5, 0.6) is 0 Å². The summed E-state index contributed by atoms with van der Waals surface area (Å²) in [6, 6.07) is 9.80. The smallest absolute Gasteiger partial charge is 0.376 e. The minimum atomic E-state index is -4.63. The number of carbonyl (C=O) groups is 1. The van der Waals surface area contributed by atoms with Crippen molar-refractivity contribution >= 4 is 15.9 Å². The van der Waals surface area contributed by atoms with Crippen molar-refractivity contribution in [2.45, 2.75) is 36.6 Å². The molecule has 30 heavy (non-hydrogen) atoms. The number of halogens is 3. The summed E-state index contributed by atoms with van der Waals surface area (Å²) in [5, 5.41) is 2.79. The highest BCUT2D eigenvalue weighted by Gasteiger charge is 2.31. The Morgan fingerprint density at radius 3 is 2.50 bits per heavy atom. The van der Waals surface area contributed by atoms with Gasteiger partial charge in [0.1, 0.15) is 0 Å². The van der Waals surface area contributed by atoms with Crippen molar-refractivity contribution < 1.29 is 31.1 Å². The average Bonchev–Trinajstić information content (AvgIpc) is 3.24. The van der Waals surface area contributed by atoms with Crippen molar-refractivity contribution in [3.8, 4) is 0 Å². The van der Waals surface area contributed by atoms with Gasteiger partial charge in [0.15, 0.2) is 0 Å². The van der Waals surface area contributed by atoms with Gasteiger partial charge in [0.25, 0.3) is 5.91 Å². The molecule has 1 fully saturated rings. The number of nitrogens with one attached hydrogen (secondary N) is 2. The van der Waals surface area contributed by atoms with Crippen molar-refractivity contribution in [3.05, 3.63) is 65.2 Å². The Bertz CT molecular complexity index is 986. The lowest BCUT2D eigenvalue weighted by molar-refractivity contribution is -0.137. The molecule has 1 aliphatic rings. The molecule has 1 atom stereocenters. The van der Waals surface area contributed by atoms with Crippen LogP contribution < -0.4 is 10.0 Å². The zero-order valence-corrected chi connectivity index (χ0v) is 16.7. The maximum atomic E-state index is 12.8. The SMILES string of the molecule is O=C(NC[C@@H]1CCCO1)c1ccc(CNS(=O)(=O)c2cccc(C(F)(F)F)c2)cc1. The van der Waals surface area contributed by atoms with Crippen LogP contribution in [-0.2, 0) is 27.5 Å². The fourth-order valence-corrected chi connectivity index (χ4v) is 4.05. The van der Waals surface area contributed by atoms with Gasteiger partial charge in [0.05, 0.1) is 16.6 Å². The molecule has 1 aliphatic heterocycles. The zero-order valence-electron chi connectivity index (χ0n) is 15.9. The Labute approximate surface area is 172 Å². The van der Waals surface area contributed by atoms with Crippen molar-refractivity contribution in [2.24, 2.45) is 0 Å². The van der Waals surface area contributed by atoms with Crippen LogP contribution in [0.1, 0.15) is 34.3 Å². The standard InChI is InChI=1S/C20H21F3N2O4S/c21-20(22,23)16-3-1-5-18(11-16)30(27,28)25-12-14-6-8-15(9-7-14)19(26)24-13-17-4-2-10-29-17/h1,3,5-9,11,17,25H,2,4,10,12-13H2,(H,24,26)/t17-/m0/s1. The van der Waals surface area contributed by atoms with Crippen molar-refractivity contribution in [2.75, 3.05) is 13.2 Å². The first-order chi connectivity index (χ1) is 14.1. The molecule has 0 aromatic heterocycles. The Balaban J connectivity index is 1.58. The predicted molar refractivity (Wildman–Crippen MR) is 103 cm³/mol. The highest BCUT2D eigenvalue weighted by Crippen LogP contribution is 2.30. The van der Waals surface area contributed by atoms with Gasteiger partial charge < -0.3 is 10.1 Å². The van der Waals surface area contributed by atoms with E-state index in [0.717, 1.165) is 31.0 Å². The van der Waals surface area contributed by atoms with Crippen LogP contribution in [0.2, 0.25) is 0 Å². The van der Waals surface area contributed by atoms with Gasteiger partial charge in [-0.05, 0) is 48.7 Å². The van der Waals surface area contributed by atoms with E-state index >= 15 is 0 Å². The molecule has 10 heteroatoms. The normalized spacial score (nSPS) is 17.1. The lowest BCUT2D eigenvalue weighted by Gasteiger charge is -2.12. The van der Waals surface area contributed by atoms with Crippen molar-refractivity contribution in [1.82, 2.24) is 10.0 Å². The summed E-state index contributed by atoms with van der Waals surface area (Å²) in [6.07, 6.45) is -2.72. The van der Waals surface area contributed by atoms with E-state index in [1.165, 1.54) is 0 Å². The van der Waals surface area contributed by atoms with Crippen LogP contribution in [0, 0.1) is 0 Å². The van der Waals surface area contributed by atoms with E-state index in [4.69, 9.17) is 4.74 Å². The molecule has 0 unspecified atom stereocenters. The molecule has 162 valence electrons. The third kappa shape index (κ3) is 5.80. The average molecular weight is 442 g/mol. The highest BCUT2D eigenvalue weighted by atomic mass is 32.2. The van der Waals surface area contributed by atoms with Gasteiger partial charge in [-0.3, -0.25) is 4.79 Å². The van der Waals surface area contributed by atoms with Gasteiger partial charge in [0.2, 0.25) is 10.0 Å². The number of alkyl halides is 3. The summed E-state index contributed by atoms with van der Waals surface area (Å²) in [4.78, 5) is 11.7. The van der Waals surface area contributed by atoms with Crippen molar-refractivity contribution in [1.29, 1.82) is 0 Å². The van der Waals surface area contributed by atoms with Gasteiger partial charge in [0, 0.05) is 25.3 Å². The second-order valence-corrected chi connectivity index (χ2v) is 8.66. The van der Waals surface area contributed by atoms with Crippen LogP contribution in [0.4, 0.5) is 13.2 Å². The summed E-state index contributed by atoms with van der Waals surface area (Å²) in [6.45, 7) is 0.999. The molecule has 1 saturated heterocycles. The largest absolute Gasteiger partial charge is 0.416 e. The number of benzene rings is 2. The molecule has 0 bridgehead atoms. The Hall–Kier alpha value is -2.43. The zero-order chi connectivity index (χ0) is 21.8. The van der Waals surface area contributed by atoms with E-state index in [9.17, 15) is 26.4 Å². The fraction of sp³-hybridized carbons (Fsp3) is 0.350. The monoisotopic (exact) mass is 442 g/mol. The number of hydrogen-bond acceptors (Lipinski definition) is 4. The predicted octanol–water partition coefficient (Wildman–Crippen LogP) is 3.09. The molecular formula is C20H21F3N2O4S. The number of ether oxygens (including phenoxy) is 1. The quantitative estimate of drug-likeness (QED) is 0.690. The molecule has 0 radical (unpaired) electrons. The second-order valence-electron chi connectivity index (χ2n) is 6.89. The Morgan fingerprint density at radius 2 is 1.87 bits per heavy atom. The molecule has 0 saturated carbocycles. The summed E-state index contributed by atoms with van der Waals surface area (Å²) in [7, 11) is -4.13. The van der Waals surface area contributed by atoms with Gasteiger partial charge >= 0.3 is 6.18 Å². The van der Waals surface area contributed by atoms with E-state index in [2.05, 4.69) is 10.0 Å². The third-order valence-corrected chi connectivity index (χ3v) is 6.07. The number of carbonyl (C=O) groups excluding carboxylic acids is 1. The summed E-state index contributed by atoms with van der Waals surface area (Å²) < 4.78 is 70.7. The first-order valence-electron chi connectivity index (χ1n) is 9.31. The number of hydrogen-bond donors (Lipinski definition) is 2. The van der Waals surface area contributed by atoms with E-state index < -0.39 is 26.7 Å². The molecule has 1 amide bonds. The number of sulfonamides is 1. The molecule has 2 N–H and O–H groups in total. The van der Waals surface area contributed by atoms with Gasteiger partial charge in [-0.2, -0.15) is 13.2 Å².